The molecule has 1 aromatic rings. The fourth-order valence-electron chi connectivity index (χ4n) is 1.25. The number of hydrogen-bond acceptors (Lipinski definition) is 3. The van der Waals surface area contributed by atoms with Crippen molar-refractivity contribution in [1.82, 2.24) is 5.32 Å². The number of ether oxygens (including phenoxy) is 1. The van der Waals surface area contributed by atoms with E-state index in [9.17, 15) is 9.59 Å². The molecule has 0 saturated heterocycles. The van der Waals surface area contributed by atoms with Gasteiger partial charge in [-0.05, 0) is 5.56 Å². The van der Waals surface area contributed by atoms with Crippen LogP contribution in [0.3, 0.4) is 0 Å². The molecule has 5 heteroatoms. The van der Waals surface area contributed by atoms with Crippen molar-refractivity contribution in [2.45, 2.75) is 12.5 Å². The Morgan fingerprint density at radius 1 is 1.38 bits per heavy atom. The standard InChI is InChI=1S/C11H13NO3S/c1-15-11(14)12-9(10(13)16)7-8-5-3-2-4-6-8/h2-6,9H,7H2,1H3,(H,12,14)(H,13,16)/t9-/m1/s1. The fourth-order valence-corrected chi connectivity index (χ4v) is 1.41. The molecule has 0 aliphatic rings. The summed E-state index contributed by atoms with van der Waals surface area (Å²) in [5.41, 5.74) is 0.950. The number of thiol groups is 1. The van der Waals surface area contributed by atoms with Crippen LogP contribution in [0.15, 0.2) is 30.3 Å². The van der Waals surface area contributed by atoms with E-state index < -0.39 is 17.3 Å². The quantitative estimate of drug-likeness (QED) is 0.781. The highest BCUT2D eigenvalue weighted by atomic mass is 32.1. The van der Waals surface area contributed by atoms with Crippen LogP contribution in [0.1, 0.15) is 5.56 Å². The summed E-state index contributed by atoms with van der Waals surface area (Å²) in [6.45, 7) is 0. The molecule has 1 rings (SSSR count). The number of rotatable bonds is 4. The molecule has 0 heterocycles. The number of amides is 1. The molecule has 1 N–H and O–H groups in total. The summed E-state index contributed by atoms with van der Waals surface area (Å²) in [6.07, 6.45) is -0.235. The number of carbonyl (C=O) groups is 2. The molecule has 1 aromatic carbocycles. The van der Waals surface area contributed by atoms with Crippen molar-refractivity contribution in [1.29, 1.82) is 0 Å². The first-order valence-electron chi connectivity index (χ1n) is 4.74. The summed E-state index contributed by atoms with van der Waals surface area (Å²) in [5, 5.41) is 2.03. The lowest BCUT2D eigenvalue weighted by Crippen LogP contribution is -2.40. The Balaban J connectivity index is 2.65. The largest absolute Gasteiger partial charge is 0.453 e. The molecular weight excluding hydrogens is 226 g/mol. The average Bonchev–Trinajstić information content (AvgIpc) is 2.29. The zero-order valence-corrected chi connectivity index (χ0v) is 9.74. The molecule has 16 heavy (non-hydrogen) atoms. The molecule has 0 spiro atoms. The van der Waals surface area contributed by atoms with Crippen molar-refractivity contribution in [3.63, 3.8) is 0 Å². The maximum absolute atomic E-state index is 11.2. The zero-order valence-electron chi connectivity index (χ0n) is 8.84. The molecule has 0 aromatic heterocycles. The maximum atomic E-state index is 11.2. The van der Waals surface area contributed by atoms with Gasteiger partial charge in [-0.1, -0.05) is 30.3 Å². The van der Waals surface area contributed by atoms with Gasteiger partial charge in [-0.2, -0.15) is 0 Å². The first-order chi connectivity index (χ1) is 7.63. The van der Waals surface area contributed by atoms with E-state index in [1.165, 1.54) is 7.11 Å². The maximum Gasteiger partial charge on any atom is 0.407 e. The number of hydrogen-bond donors (Lipinski definition) is 2. The first-order valence-corrected chi connectivity index (χ1v) is 5.19. The molecule has 0 bridgehead atoms. The first kappa shape index (κ1) is 12.6. The van der Waals surface area contributed by atoms with Crippen molar-refractivity contribution in [3.05, 3.63) is 35.9 Å². The van der Waals surface area contributed by atoms with E-state index in [1.54, 1.807) is 0 Å². The fraction of sp³-hybridized carbons (Fsp3) is 0.273. The molecule has 0 saturated carbocycles. The van der Waals surface area contributed by atoms with Crippen molar-refractivity contribution in [2.75, 3.05) is 7.11 Å². The Bertz CT molecular complexity index is 367. The topological polar surface area (TPSA) is 55.4 Å². The van der Waals surface area contributed by atoms with E-state index in [4.69, 9.17) is 0 Å². The SMILES string of the molecule is COC(=O)N[C@H](Cc1ccccc1)C(=O)S. The van der Waals surface area contributed by atoms with E-state index in [0.29, 0.717) is 6.42 Å². The van der Waals surface area contributed by atoms with Gasteiger partial charge in [0, 0.05) is 6.42 Å². The van der Waals surface area contributed by atoms with Gasteiger partial charge in [0.05, 0.1) is 7.11 Å². The van der Waals surface area contributed by atoms with Crippen molar-refractivity contribution in [3.8, 4) is 0 Å². The Morgan fingerprint density at radius 2 is 2.00 bits per heavy atom. The Kier molecular flexibility index (Phi) is 4.85. The van der Waals surface area contributed by atoms with Gasteiger partial charge in [-0.3, -0.25) is 4.79 Å². The molecular formula is C11H13NO3S. The van der Waals surface area contributed by atoms with Gasteiger partial charge in [-0.15, -0.1) is 12.6 Å². The highest BCUT2D eigenvalue weighted by Crippen LogP contribution is 2.05. The van der Waals surface area contributed by atoms with E-state index >= 15 is 0 Å². The second-order valence-corrected chi connectivity index (χ2v) is 3.66. The molecule has 0 aliphatic heterocycles. The van der Waals surface area contributed by atoms with Crippen LogP contribution in [0.25, 0.3) is 0 Å². The zero-order chi connectivity index (χ0) is 12.0. The summed E-state index contributed by atoms with van der Waals surface area (Å²) >= 11 is 3.73. The van der Waals surface area contributed by atoms with Crippen LogP contribution in [0.2, 0.25) is 0 Å². The van der Waals surface area contributed by atoms with Crippen LogP contribution in [-0.2, 0) is 16.0 Å². The van der Waals surface area contributed by atoms with Crippen LogP contribution < -0.4 is 5.32 Å². The third-order valence-electron chi connectivity index (χ3n) is 2.06. The highest BCUT2D eigenvalue weighted by Gasteiger charge is 2.18. The van der Waals surface area contributed by atoms with E-state index in [0.717, 1.165) is 5.56 Å². The van der Waals surface area contributed by atoms with Gasteiger partial charge in [-0.25, -0.2) is 4.79 Å². The number of alkyl carbamates (subject to hydrolysis) is 1. The van der Waals surface area contributed by atoms with E-state index in [2.05, 4.69) is 22.7 Å². The van der Waals surface area contributed by atoms with Gasteiger partial charge in [0.2, 0.25) is 5.12 Å². The molecule has 1 amide bonds. The van der Waals surface area contributed by atoms with Gasteiger partial charge in [0.15, 0.2) is 0 Å². The van der Waals surface area contributed by atoms with Gasteiger partial charge >= 0.3 is 6.09 Å². The van der Waals surface area contributed by atoms with Crippen LogP contribution in [0.4, 0.5) is 4.79 Å². The summed E-state index contributed by atoms with van der Waals surface area (Å²) in [7, 11) is 1.25. The monoisotopic (exact) mass is 239 g/mol. The number of benzene rings is 1. The Morgan fingerprint density at radius 3 is 2.50 bits per heavy atom. The second kappa shape index (κ2) is 6.17. The average molecular weight is 239 g/mol. The minimum Gasteiger partial charge on any atom is -0.453 e. The highest BCUT2D eigenvalue weighted by molar-refractivity contribution is 7.96. The number of methoxy groups -OCH3 is 1. The van der Waals surface area contributed by atoms with Crippen molar-refractivity contribution >= 4 is 23.8 Å². The van der Waals surface area contributed by atoms with Gasteiger partial charge in [0.1, 0.15) is 6.04 Å². The molecule has 0 radical (unpaired) electrons. The lowest BCUT2D eigenvalue weighted by molar-refractivity contribution is -0.112. The third-order valence-corrected chi connectivity index (χ3v) is 2.37. The molecule has 86 valence electrons. The molecule has 1 atom stereocenters. The molecule has 4 nitrogen and oxygen atoms in total. The second-order valence-electron chi connectivity index (χ2n) is 3.22. The number of nitrogens with one attached hydrogen (secondary N) is 1. The molecule has 0 fully saturated rings. The van der Waals surface area contributed by atoms with Crippen molar-refractivity contribution < 1.29 is 14.3 Å². The van der Waals surface area contributed by atoms with Crippen LogP contribution in [0, 0.1) is 0 Å². The molecule has 0 aliphatic carbocycles. The minimum absolute atomic E-state index is 0.394. The normalized spacial score (nSPS) is 11.6. The van der Waals surface area contributed by atoms with E-state index in [1.807, 2.05) is 30.3 Å². The van der Waals surface area contributed by atoms with Crippen LogP contribution in [0.5, 0.6) is 0 Å². The minimum atomic E-state index is -0.668. The summed E-state index contributed by atoms with van der Waals surface area (Å²) in [4.78, 5) is 22.2. The lowest BCUT2D eigenvalue weighted by Gasteiger charge is -2.14. The van der Waals surface area contributed by atoms with Gasteiger partial charge < -0.3 is 10.1 Å². The molecule has 0 unspecified atom stereocenters. The Hall–Kier alpha value is -1.49. The van der Waals surface area contributed by atoms with Crippen LogP contribution in [-0.4, -0.2) is 24.4 Å². The van der Waals surface area contributed by atoms with Crippen molar-refractivity contribution in [2.24, 2.45) is 0 Å². The predicted octanol–water partition coefficient (Wildman–Crippen LogP) is 1.41. The summed E-state index contributed by atoms with van der Waals surface area (Å²) in [6, 6.07) is 8.71. The van der Waals surface area contributed by atoms with Gasteiger partial charge in [0.25, 0.3) is 0 Å². The smallest absolute Gasteiger partial charge is 0.407 e. The summed E-state index contributed by atoms with van der Waals surface area (Å²) < 4.78 is 4.43. The third kappa shape index (κ3) is 3.94. The predicted molar refractivity (Wildman–Crippen MR) is 63.5 cm³/mol. The Labute approximate surface area is 99.4 Å². The lowest BCUT2D eigenvalue weighted by atomic mass is 10.1. The summed E-state index contributed by atoms with van der Waals surface area (Å²) in [5.74, 6) is 0. The van der Waals surface area contributed by atoms with Crippen LogP contribution >= 0.6 is 12.6 Å². The van der Waals surface area contributed by atoms with E-state index in [-0.39, 0.29) is 0 Å². The number of carbonyl (C=O) groups excluding carboxylic acids is 2.